The first kappa shape index (κ1) is 77.0. The van der Waals surface area contributed by atoms with Gasteiger partial charge in [-0.25, -0.2) is 0 Å². The number of hydrogen-bond acceptors (Lipinski definition) is 11. The second-order valence-electron chi connectivity index (χ2n) is 28.5. The van der Waals surface area contributed by atoms with E-state index in [0.717, 1.165) is 32.1 Å². The third kappa shape index (κ3) is 20.1. The highest BCUT2D eigenvalue weighted by Crippen LogP contribution is 2.44. The van der Waals surface area contributed by atoms with Crippen LogP contribution in [-0.4, -0.2) is 226 Å². The van der Waals surface area contributed by atoms with Crippen molar-refractivity contribution >= 4 is 76.6 Å². The first-order chi connectivity index (χ1) is 43.0. The first-order valence-electron chi connectivity index (χ1n) is 33.8. The zero-order valence-corrected chi connectivity index (χ0v) is 58.0. The number of alkyl halides is 4. The molecule has 4 N–H and O–H groups in total. The molecule has 11 atom stereocenters. The summed E-state index contributed by atoms with van der Waals surface area (Å²) in [5.74, 6) is -9.54. The molecule has 3 unspecified atom stereocenters. The lowest BCUT2D eigenvalue weighted by molar-refractivity contribution is -0.182. The molecule has 3 saturated carbocycles. The van der Waals surface area contributed by atoms with Gasteiger partial charge in [0.1, 0.15) is 48.3 Å². The van der Waals surface area contributed by atoms with Crippen molar-refractivity contribution in [2.24, 2.45) is 35.5 Å². The highest BCUT2D eigenvalue weighted by molar-refractivity contribution is 6.20. The van der Waals surface area contributed by atoms with Crippen LogP contribution in [0.4, 0.5) is 13.2 Å². The molecule has 0 aromatic rings. The Balaban J connectivity index is 1.55. The highest BCUT2D eigenvalue weighted by atomic mass is 35.5. The van der Waals surface area contributed by atoms with E-state index in [-0.39, 0.29) is 94.9 Å². The standard InChI is InChI=1S/C66H109ClF3N11O11/c1-15-42(8)56-63(91)81(41(6)7)38-54(84)75(10)37-55(85)78(13)51(35-44-22-17-16-18-23-44)62(90)76(11)36-52(82)72-48(28-26-45-25-27-46(47(67)34-45)66(68,69)70)61(89)80-31-21-24-49(80)59(87)74-65(29-19-20-30-65)64(92)79(14)57(40(4)5)60(88)71-43(9)33-53(83)77(12)50(32-39(2)3)58(86)73-56/h39-51,56-57H,15-38H2,1-14H3,(H,71,88)(H,72,82)(H,73,86)(H,74,87)/t42-,43+,45?,46?,47?,48-,49-,50-,51-,56-,57-/m0/s1. The van der Waals surface area contributed by atoms with E-state index >= 15 is 9.59 Å². The van der Waals surface area contributed by atoms with Gasteiger partial charge in [-0.2, -0.15) is 13.2 Å². The summed E-state index contributed by atoms with van der Waals surface area (Å²) < 4.78 is 41.8. The molecule has 1 spiro atoms. The predicted molar refractivity (Wildman–Crippen MR) is 343 cm³/mol. The minimum Gasteiger partial charge on any atom is -0.351 e. The summed E-state index contributed by atoms with van der Waals surface area (Å²) in [6.45, 7) is 14.6. The Kier molecular flexibility index (Phi) is 28.5. The maximum atomic E-state index is 15.1. The number of nitrogens with zero attached hydrogens (tertiary/aromatic N) is 7. The molecular formula is C66H109ClF3N11O11. The molecule has 0 aromatic heterocycles. The number of amides is 11. The van der Waals surface area contributed by atoms with Crippen molar-refractivity contribution < 1.29 is 65.9 Å². The second kappa shape index (κ2) is 34.1. The second-order valence-corrected chi connectivity index (χ2v) is 29.1. The van der Waals surface area contributed by atoms with Gasteiger partial charge in [0, 0.05) is 65.7 Å². The van der Waals surface area contributed by atoms with Gasteiger partial charge >= 0.3 is 6.18 Å². The molecular weight excluding hydrogens is 1220 g/mol. The number of hydrogen-bond donors (Lipinski definition) is 4. The van der Waals surface area contributed by atoms with Gasteiger partial charge < -0.3 is 55.6 Å². The van der Waals surface area contributed by atoms with E-state index in [0.29, 0.717) is 25.7 Å². The molecule has 2 aliphatic heterocycles. The largest absolute Gasteiger partial charge is 0.393 e. The molecule has 5 aliphatic rings. The van der Waals surface area contributed by atoms with E-state index in [1.54, 1.807) is 41.5 Å². The topological polar surface area (TPSA) is 259 Å². The lowest BCUT2D eigenvalue weighted by Gasteiger charge is -2.39. The van der Waals surface area contributed by atoms with Crippen LogP contribution in [0.3, 0.4) is 0 Å². The maximum Gasteiger partial charge on any atom is 0.393 e. The fourth-order valence-corrected chi connectivity index (χ4v) is 14.9. The summed E-state index contributed by atoms with van der Waals surface area (Å²) in [5.41, 5.74) is -1.48. The van der Waals surface area contributed by atoms with Crippen LogP contribution >= 0.6 is 11.6 Å². The first-order valence-corrected chi connectivity index (χ1v) is 34.3. The van der Waals surface area contributed by atoms with Crippen molar-refractivity contribution in [3.8, 4) is 0 Å². The van der Waals surface area contributed by atoms with Gasteiger partial charge in [-0.05, 0) is 121 Å². The van der Waals surface area contributed by atoms with Crippen LogP contribution in [0.5, 0.6) is 0 Å². The van der Waals surface area contributed by atoms with Crippen LogP contribution in [0.15, 0.2) is 0 Å². The van der Waals surface area contributed by atoms with Gasteiger partial charge in [0.05, 0.1) is 19.0 Å². The minimum atomic E-state index is -4.49. The number of halogens is 4. The average Bonchev–Trinajstić information content (AvgIpc) is 1.57. The molecule has 0 aromatic carbocycles. The van der Waals surface area contributed by atoms with Gasteiger partial charge in [-0.15, -0.1) is 11.6 Å². The third-order valence-electron chi connectivity index (χ3n) is 20.2. The molecule has 0 bridgehead atoms. The van der Waals surface area contributed by atoms with Crippen LogP contribution in [0, 0.1) is 35.5 Å². The monoisotopic (exact) mass is 1320 g/mol. The quantitative estimate of drug-likeness (QED) is 0.174. The van der Waals surface area contributed by atoms with Crippen molar-refractivity contribution in [2.45, 2.75) is 256 Å². The Bertz CT molecular complexity index is 2600. The fraction of sp³-hybridized carbons (Fsp3) is 0.833. The summed E-state index contributed by atoms with van der Waals surface area (Å²) in [6, 6.07) is -8.17. The van der Waals surface area contributed by atoms with Crippen molar-refractivity contribution in [3.05, 3.63) is 0 Å². The van der Waals surface area contributed by atoms with Gasteiger partial charge in [-0.1, -0.05) is 92.9 Å². The lowest BCUT2D eigenvalue weighted by Crippen LogP contribution is -2.64. The highest BCUT2D eigenvalue weighted by Gasteiger charge is 2.51. The Morgan fingerprint density at radius 1 is 0.620 bits per heavy atom. The predicted octanol–water partition coefficient (Wildman–Crippen LogP) is 6.00. The lowest BCUT2D eigenvalue weighted by atomic mass is 9.78. The van der Waals surface area contributed by atoms with Crippen molar-refractivity contribution in [1.29, 1.82) is 0 Å². The van der Waals surface area contributed by atoms with Crippen molar-refractivity contribution in [2.75, 3.05) is 61.4 Å². The van der Waals surface area contributed by atoms with E-state index in [9.17, 15) is 56.3 Å². The molecule has 5 rings (SSSR count). The average molecular weight is 1330 g/mol. The molecule has 22 nitrogen and oxygen atoms in total. The minimum absolute atomic E-state index is 0.0139. The molecule has 26 heteroatoms. The SMILES string of the molecule is CC[C@H](C)[C@@H]1NC(=O)[C@H](CC(C)C)N(C)C(=O)C[C@@H](C)NC(=O)[C@H](C(C)C)N(C)C(=O)C2(CCCC2)NC(=O)[C@@H]2CCCN2C(=O)[C@H](CCC2CCC(C(F)(F)F)C(Cl)C2)NC(=O)CN(C)C(=O)[C@H](CC2CCCCC2)N(C)C(=O)CN(C)C(=O)CN(C(C)C)C1=O. The van der Waals surface area contributed by atoms with E-state index in [1.807, 2.05) is 20.8 Å². The summed E-state index contributed by atoms with van der Waals surface area (Å²) in [7, 11) is 7.25. The van der Waals surface area contributed by atoms with E-state index < -0.39 is 168 Å². The summed E-state index contributed by atoms with van der Waals surface area (Å²) in [4.78, 5) is 170. The maximum absolute atomic E-state index is 15.1. The smallest absolute Gasteiger partial charge is 0.351 e. The van der Waals surface area contributed by atoms with Crippen molar-refractivity contribution in [1.82, 2.24) is 55.6 Å². The molecule has 92 heavy (non-hydrogen) atoms. The summed E-state index contributed by atoms with van der Waals surface area (Å²) in [6.07, 6.45) is 2.87. The van der Waals surface area contributed by atoms with Crippen molar-refractivity contribution in [3.63, 3.8) is 0 Å². The van der Waals surface area contributed by atoms with E-state index in [4.69, 9.17) is 11.6 Å². The van der Waals surface area contributed by atoms with Crippen LogP contribution in [0.1, 0.15) is 191 Å². The summed E-state index contributed by atoms with van der Waals surface area (Å²) in [5, 5.41) is 10.5. The number of fused-ring (bicyclic) bond motifs is 1. The number of likely N-dealkylation sites (N-methyl/N-ethyl adjacent to an activating group) is 5. The van der Waals surface area contributed by atoms with Gasteiger partial charge in [-0.3, -0.25) is 52.7 Å². The Hall–Kier alpha value is -5.75. The van der Waals surface area contributed by atoms with Crippen LogP contribution in [0.25, 0.3) is 0 Å². The Morgan fingerprint density at radius 3 is 1.83 bits per heavy atom. The zero-order chi connectivity index (χ0) is 68.9. The zero-order valence-electron chi connectivity index (χ0n) is 57.3. The van der Waals surface area contributed by atoms with Crippen LogP contribution < -0.4 is 21.3 Å². The van der Waals surface area contributed by atoms with Gasteiger partial charge in [0.25, 0.3) is 0 Å². The van der Waals surface area contributed by atoms with E-state index in [1.165, 1.54) is 69.5 Å². The number of carbonyl (C=O) groups is 11. The van der Waals surface area contributed by atoms with Gasteiger partial charge in [0.15, 0.2) is 0 Å². The number of nitrogens with one attached hydrogen (secondary N) is 4. The number of rotatable bonds is 11. The summed E-state index contributed by atoms with van der Waals surface area (Å²) >= 11 is 6.37. The fourth-order valence-electron chi connectivity index (χ4n) is 14.3. The van der Waals surface area contributed by atoms with Crippen LogP contribution in [0.2, 0.25) is 0 Å². The molecule has 11 amide bonds. The third-order valence-corrected chi connectivity index (χ3v) is 20.7. The molecule has 0 radical (unpaired) electrons. The Morgan fingerprint density at radius 2 is 1.25 bits per heavy atom. The normalized spacial score (nSPS) is 29.5. The molecule has 2 saturated heterocycles. The number of carbonyl (C=O) groups excluding carboxylic acids is 11. The molecule has 522 valence electrons. The molecule has 3 aliphatic carbocycles. The molecule has 2 heterocycles. The van der Waals surface area contributed by atoms with Crippen LogP contribution in [-0.2, 0) is 52.7 Å². The molecule has 5 fully saturated rings. The van der Waals surface area contributed by atoms with Gasteiger partial charge in [0.2, 0.25) is 65.0 Å². The van der Waals surface area contributed by atoms with E-state index in [2.05, 4.69) is 21.3 Å². The Labute approximate surface area is 549 Å².